The van der Waals surface area contributed by atoms with Gasteiger partial charge in [0.2, 0.25) is 0 Å². The Labute approximate surface area is 214 Å². The zero-order valence-electron chi connectivity index (χ0n) is 20.7. The van der Waals surface area contributed by atoms with Crippen LogP contribution in [0.3, 0.4) is 0 Å². The maximum atomic E-state index is 12.4. The third kappa shape index (κ3) is 6.18. The van der Waals surface area contributed by atoms with Crippen molar-refractivity contribution in [3.05, 3.63) is 95.2 Å². The van der Waals surface area contributed by atoms with Gasteiger partial charge < -0.3 is 23.2 Å². The molecular weight excluding hydrogens is 472 g/mol. The lowest BCUT2D eigenvalue weighted by Crippen LogP contribution is -2.16. The normalized spacial score (nSPS) is 10.8. The van der Waals surface area contributed by atoms with E-state index in [2.05, 4.69) is 41.1 Å². The minimum Gasteiger partial charge on any atom is -0.493 e. The molecule has 1 N–H and O–H groups in total. The second-order valence-electron chi connectivity index (χ2n) is 8.06. The number of amides is 1. The largest absolute Gasteiger partial charge is 0.493 e. The quantitative estimate of drug-likeness (QED) is 0.245. The lowest BCUT2D eigenvalue weighted by molar-refractivity contribution is 0.0923. The van der Waals surface area contributed by atoms with Crippen LogP contribution in [0.1, 0.15) is 33.3 Å². The van der Waals surface area contributed by atoms with E-state index in [-0.39, 0.29) is 19.0 Å². The monoisotopic (exact) mass is 498 g/mol. The number of nitrogens with one attached hydrogen (secondary N) is 1. The molecule has 0 aliphatic heterocycles. The third-order valence-electron chi connectivity index (χ3n) is 5.49. The highest BCUT2D eigenvalue weighted by Gasteiger charge is 2.11. The molecule has 37 heavy (non-hydrogen) atoms. The van der Waals surface area contributed by atoms with Gasteiger partial charge in [-0.3, -0.25) is 4.79 Å². The van der Waals surface area contributed by atoms with Crippen molar-refractivity contribution in [2.24, 2.45) is 5.10 Å². The van der Waals surface area contributed by atoms with Crippen LogP contribution in [0.4, 0.5) is 0 Å². The Bertz CT molecular complexity index is 1420. The number of methoxy groups -OCH3 is 1. The van der Waals surface area contributed by atoms with Gasteiger partial charge >= 0.3 is 5.91 Å². The van der Waals surface area contributed by atoms with Crippen LogP contribution in [0.15, 0.2) is 76.2 Å². The molecule has 9 heteroatoms. The number of ether oxygens (including phenoxy) is 3. The molecule has 0 aliphatic carbocycles. The van der Waals surface area contributed by atoms with Gasteiger partial charge in [0.15, 0.2) is 23.9 Å². The summed E-state index contributed by atoms with van der Waals surface area (Å²) in [5, 5.41) is 12.6. The SMILES string of the molecule is COc1cc(C=NNC(=O)c2ccc(COc3ccc(-n4c(C)ccc4C)cc3)o2)ccc1OCC#N. The first-order valence-corrected chi connectivity index (χ1v) is 11.5. The molecule has 0 radical (unpaired) electrons. The molecule has 2 aromatic carbocycles. The molecule has 0 saturated carbocycles. The first-order chi connectivity index (χ1) is 18.0. The molecule has 9 nitrogen and oxygen atoms in total. The van der Waals surface area contributed by atoms with Gasteiger partial charge in [-0.1, -0.05) is 0 Å². The van der Waals surface area contributed by atoms with Crippen molar-refractivity contribution in [1.82, 2.24) is 9.99 Å². The molecule has 4 aromatic rings. The van der Waals surface area contributed by atoms with Crippen molar-refractivity contribution in [2.75, 3.05) is 13.7 Å². The average molecular weight is 499 g/mol. The second kappa shape index (κ2) is 11.6. The summed E-state index contributed by atoms with van der Waals surface area (Å²) in [4.78, 5) is 12.4. The number of aromatic nitrogens is 1. The number of nitrogens with zero attached hydrogens (tertiary/aromatic N) is 3. The summed E-state index contributed by atoms with van der Waals surface area (Å²) in [6.07, 6.45) is 1.46. The summed E-state index contributed by atoms with van der Waals surface area (Å²) in [5.41, 5.74) is 6.49. The third-order valence-corrected chi connectivity index (χ3v) is 5.49. The van der Waals surface area contributed by atoms with E-state index in [0.717, 1.165) is 17.1 Å². The molecule has 4 rings (SSSR count). The number of rotatable bonds is 10. The number of aryl methyl sites for hydroxylation is 2. The molecule has 0 spiro atoms. The van der Waals surface area contributed by atoms with Gasteiger partial charge in [0.25, 0.3) is 0 Å². The topological polar surface area (TPSA) is 111 Å². The van der Waals surface area contributed by atoms with Gasteiger partial charge in [0.1, 0.15) is 24.2 Å². The van der Waals surface area contributed by atoms with Gasteiger partial charge in [-0.2, -0.15) is 10.4 Å². The summed E-state index contributed by atoms with van der Waals surface area (Å²) in [6.45, 7) is 4.22. The molecule has 0 aliphatic rings. The zero-order valence-corrected chi connectivity index (χ0v) is 20.7. The van der Waals surface area contributed by atoms with Crippen LogP contribution in [-0.2, 0) is 6.61 Å². The summed E-state index contributed by atoms with van der Waals surface area (Å²) in [6, 6.07) is 22.2. The zero-order chi connectivity index (χ0) is 26.2. The van der Waals surface area contributed by atoms with Gasteiger partial charge in [-0.05, 0) is 86.1 Å². The summed E-state index contributed by atoms with van der Waals surface area (Å²) in [7, 11) is 1.50. The minimum atomic E-state index is -0.495. The number of benzene rings is 2. The summed E-state index contributed by atoms with van der Waals surface area (Å²) < 4.78 is 24.1. The molecule has 2 aromatic heterocycles. The molecule has 188 valence electrons. The smallest absolute Gasteiger partial charge is 0.307 e. The van der Waals surface area contributed by atoms with E-state index in [1.165, 1.54) is 13.3 Å². The van der Waals surface area contributed by atoms with E-state index in [9.17, 15) is 4.79 Å². The Hall–Kier alpha value is -4.97. The lowest BCUT2D eigenvalue weighted by atomic mass is 10.2. The molecule has 0 atom stereocenters. The molecule has 1 amide bonds. The first-order valence-electron chi connectivity index (χ1n) is 11.5. The number of hydrogen-bond donors (Lipinski definition) is 1. The number of hydrazone groups is 1. The predicted octanol–water partition coefficient (Wildman–Crippen LogP) is 4.94. The first kappa shape index (κ1) is 25.1. The number of carbonyl (C=O) groups excluding carboxylic acids is 1. The summed E-state index contributed by atoms with van der Waals surface area (Å²) >= 11 is 0. The van der Waals surface area contributed by atoms with Crippen molar-refractivity contribution < 1.29 is 23.4 Å². The van der Waals surface area contributed by atoms with Crippen LogP contribution in [0.5, 0.6) is 17.2 Å². The van der Waals surface area contributed by atoms with Crippen LogP contribution in [-0.4, -0.2) is 30.4 Å². The highest BCUT2D eigenvalue weighted by Crippen LogP contribution is 2.27. The maximum Gasteiger partial charge on any atom is 0.307 e. The van der Waals surface area contributed by atoms with Gasteiger partial charge in [0.05, 0.1) is 13.3 Å². The molecule has 0 fully saturated rings. The number of furan rings is 1. The number of hydrogen-bond acceptors (Lipinski definition) is 7. The molecule has 0 saturated heterocycles. The highest BCUT2D eigenvalue weighted by atomic mass is 16.5. The fourth-order valence-corrected chi connectivity index (χ4v) is 3.71. The molecule has 0 bridgehead atoms. The van der Waals surface area contributed by atoms with Gasteiger partial charge in [-0.15, -0.1) is 0 Å². The van der Waals surface area contributed by atoms with Crippen molar-refractivity contribution in [2.45, 2.75) is 20.5 Å². The number of carbonyl (C=O) groups is 1. The molecule has 2 heterocycles. The van der Waals surface area contributed by atoms with E-state index in [1.54, 1.807) is 30.3 Å². The van der Waals surface area contributed by atoms with Crippen LogP contribution in [0, 0.1) is 25.2 Å². The van der Waals surface area contributed by atoms with Crippen molar-refractivity contribution >= 4 is 12.1 Å². The number of nitriles is 1. The highest BCUT2D eigenvalue weighted by molar-refractivity contribution is 5.92. The average Bonchev–Trinajstić information content (AvgIpc) is 3.53. The van der Waals surface area contributed by atoms with Gasteiger partial charge in [-0.25, -0.2) is 5.43 Å². The van der Waals surface area contributed by atoms with E-state index in [0.29, 0.717) is 28.6 Å². The standard InChI is InChI=1S/C28H26N4O5/c1-19-4-5-20(2)32(19)22-7-9-23(10-8-22)36-18-24-11-13-26(37-24)28(33)31-30-17-21-6-12-25(35-15-14-29)27(16-21)34-3/h4-13,16-17H,15,18H2,1-3H3,(H,31,33). The van der Waals surface area contributed by atoms with Crippen LogP contribution in [0.2, 0.25) is 0 Å². The fourth-order valence-electron chi connectivity index (χ4n) is 3.71. The Kier molecular flexibility index (Phi) is 7.91. The Morgan fingerprint density at radius 1 is 1.03 bits per heavy atom. The minimum absolute atomic E-state index is 0.0872. The van der Waals surface area contributed by atoms with Crippen molar-refractivity contribution in [3.8, 4) is 29.0 Å². The lowest BCUT2D eigenvalue weighted by Gasteiger charge is -2.10. The molecular formula is C28H26N4O5. The van der Waals surface area contributed by atoms with E-state index in [4.69, 9.17) is 23.9 Å². The van der Waals surface area contributed by atoms with Crippen molar-refractivity contribution in [3.63, 3.8) is 0 Å². The Morgan fingerprint density at radius 2 is 1.78 bits per heavy atom. The van der Waals surface area contributed by atoms with E-state index in [1.807, 2.05) is 30.3 Å². The van der Waals surface area contributed by atoms with Crippen LogP contribution in [0.25, 0.3) is 5.69 Å². The van der Waals surface area contributed by atoms with Crippen LogP contribution < -0.4 is 19.6 Å². The molecule has 0 unspecified atom stereocenters. The van der Waals surface area contributed by atoms with E-state index < -0.39 is 5.91 Å². The Morgan fingerprint density at radius 3 is 2.49 bits per heavy atom. The van der Waals surface area contributed by atoms with E-state index >= 15 is 0 Å². The fraction of sp³-hybridized carbons (Fsp3) is 0.179. The Balaban J connectivity index is 1.30. The maximum absolute atomic E-state index is 12.4. The van der Waals surface area contributed by atoms with Crippen LogP contribution >= 0.6 is 0 Å². The van der Waals surface area contributed by atoms with Gasteiger partial charge in [0, 0.05) is 17.1 Å². The second-order valence-corrected chi connectivity index (χ2v) is 8.06. The predicted molar refractivity (Wildman–Crippen MR) is 137 cm³/mol. The summed E-state index contributed by atoms with van der Waals surface area (Å²) in [5.74, 6) is 1.71. The van der Waals surface area contributed by atoms with Crippen molar-refractivity contribution in [1.29, 1.82) is 5.26 Å².